The second-order valence-electron chi connectivity index (χ2n) is 15.6. The van der Waals surface area contributed by atoms with E-state index in [0.717, 1.165) is 122 Å². The van der Waals surface area contributed by atoms with Gasteiger partial charge < -0.3 is 14.2 Å². The number of carbonyl (C=O) groups excluding carboxylic acids is 3. The number of unbranched alkanes of at least 4 members (excludes halogenated alkanes) is 17. The predicted octanol–water partition coefficient (Wildman–Crippen LogP) is 15.6. The highest BCUT2D eigenvalue weighted by Gasteiger charge is 2.19. The zero-order chi connectivity index (χ0) is 43.0. The minimum absolute atomic E-state index is 0.101. The van der Waals surface area contributed by atoms with E-state index in [-0.39, 0.29) is 31.1 Å². The molecule has 59 heavy (non-hydrogen) atoms. The molecule has 0 aliphatic heterocycles. The molecule has 1 unspecified atom stereocenters. The van der Waals surface area contributed by atoms with Gasteiger partial charge in [0.05, 0.1) is 0 Å². The summed E-state index contributed by atoms with van der Waals surface area (Å²) >= 11 is 0. The maximum absolute atomic E-state index is 12.8. The summed E-state index contributed by atoms with van der Waals surface area (Å²) in [6.45, 7) is 6.38. The Kier molecular flexibility index (Phi) is 44.5. The van der Waals surface area contributed by atoms with E-state index in [1.807, 2.05) is 0 Å². The number of esters is 3. The Labute approximate surface area is 363 Å². The second-order valence-corrected chi connectivity index (χ2v) is 15.6. The topological polar surface area (TPSA) is 78.9 Å². The number of hydrogen-bond donors (Lipinski definition) is 0. The Hall–Kier alpha value is -3.41. The van der Waals surface area contributed by atoms with Gasteiger partial charge in [-0.1, -0.05) is 170 Å². The fourth-order valence-electron chi connectivity index (χ4n) is 6.21. The van der Waals surface area contributed by atoms with Gasteiger partial charge in [0.15, 0.2) is 6.10 Å². The van der Waals surface area contributed by atoms with Crippen molar-refractivity contribution < 1.29 is 28.6 Å². The highest BCUT2D eigenvalue weighted by atomic mass is 16.6. The minimum Gasteiger partial charge on any atom is -0.462 e. The molecule has 0 spiro atoms. The normalized spacial score (nSPS) is 12.8. The van der Waals surface area contributed by atoms with Crippen molar-refractivity contribution in [2.75, 3.05) is 13.2 Å². The molecular formula is C53H88O6. The van der Waals surface area contributed by atoms with Crippen LogP contribution in [0.2, 0.25) is 0 Å². The quantitative estimate of drug-likeness (QED) is 0.0264. The lowest BCUT2D eigenvalue weighted by Gasteiger charge is -2.18. The van der Waals surface area contributed by atoms with Crippen LogP contribution in [0.25, 0.3) is 0 Å². The number of rotatable bonds is 42. The Balaban J connectivity index is 4.49. The molecule has 0 aromatic carbocycles. The molecule has 0 radical (unpaired) electrons. The average Bonchev–Trinajstić information content (AvgIpc) is 3.23. The van der Waals surface area contributed by atoms with E-state index in [1.165, 1.54) is 51.4 Å². The Morgan fingerprint density at radius 1 is 0.356 bits per heavy atom. The average molecular weight is 821 g/mol. The van der Waals surface area contributed by atoms with Gasteiger partial charge in [0, 0.05) is 19.3 Å². The molecule has 0 heterocycles. The maximum Gasteiger partial charge on any atom is 0.306 e. The maximum atomic E-state index is 12.8. The van der Waals surface area contributed by atoms with Gasteiger partial charge >= 0.3 is 17.9 Å². The monoisotopic (exact) mass is 821 g/mol. The van der Waals surface area contributed by atoms with Gasteiger partial charge in [-0.25, -0.2) is 0 Å². The number of allylic oxidation sites excluding steroid dienone is 14. The lowest BCUT2D eigenvalue weighted by Crippen LogP contribution is -2.30. The van der Waals surface area contributed by atoms with Crippen LogP contribution < -0.4 is 0 Å². The molecule has 0 saturated heterocycles. The van der Waals surface area contributed by atoms with E-state index in [2.05, 4.69) is 106 Å². The highest BCUT2D eigenvalue weighted by molar-refractivity contribution is 5.71. The first-order valence-electron chi connectivity index (χ1n) is 24.1. The Morgan fingerprint density at radius 3 is 1.14 bits per heavy atom. The number of hydrogen-bond acceptors (Lipinski definition) is 6. The zero-order valence-electron chi connectivity index (χ0n) is 38.2. The fourth-order valence-corrected chi connectivity index (χ4v) is 6.21. The summed E-state index contributed by atoms with van der Waals surface area (Å²) in [4.78, 5) is 37.8. The van der Waals surface area contributed by atoms with Crippen molar-refractivity contribution in [1.29, 1.82) is 0 Å². The van der Waals surface area contributed by atoms with E-state index in [1.54, 1.807) is 0 Å². The van der Waals surface area contributed by atoms with Crippen molar-refractivity contribution in [3.8, 4) is 0 Å². The standard InChI is InChI=1S/C53H88O6/c1-4-7-10-13-16-19-22-24-26-28-31-34-37-40-43-46-52(55)58-49-50(48-57-51(54)45-42-39-36-33-30-21-18-15-12-9-6-3)59-53(56)47-44-41-38-35-32-29-27-25-23-20-17-14-11-8-5-2/h7,10,15-20,24-27,31,34,50H,4-6,8-9,11-14,21-23,28-30,32-33,35-49H2,1-3H3/b10-7-,18-15-,19-16-,20-17-,26-24-,27-25-,34-31-. The van der Waals surface area contributed by atoms with E-state index < -0.39 is 6.10 Å². The van der Waals surface area contributed by atoms with Crippen LogP contribution in [-0.2, 0) is 28.6 Å². The smallest absolute Gasteiger partial charge is 0.306 e. The lowest BCUT2D eigenvalue weighted by atomic mass is 10.1. The SMILES string of the molecule is CC/C=C\C/C=C\C/C=C\C/C=C\CCCCC(=O)OCC(COC(=O)CCCCCCC/C=C\CCCC)OC(=O)CCCCCCC/C=C\C/C=C\CCCCC. The molecule has 6 heteroatoms. The molecule has 0 aliphatic rings. The second kappa shape index (κ2) is 47.3. The molecule has 0 fully saturated rings. The first kappa shape index (κ1) is 55.6. The van der Waals surface area contributed by atoms with Crippen molar-refractivity contribution in [3.63, 3.8) is 0 Å². The predicted molar refractivity (Wildman–Crippen MR) is 251 cm³/mol. The van der Waals surface area contributed by atoms with Gasteiger partial charge in [-0.15, -0.1) is 0 Å². The largest absolute Gasteiger partial charge is 0.462 e. The third kappa shape index (κ3) is 45.5. The molecule has 0 bridgehead atoms. The molecule has 0 aromatic rings. The van der Waals surface area contributed by atoms with Crippen LogP contribution in [0.4, 0.5) is 0 Å². The zero-order valence-corrected chi connectivity index (χ0v) is 38.2. The van der Waals surface area contributed by atoms with Crippen molar-refractivity contribution in [2.45, 2.75) is 219 Å². The first-order chi connectivity index (χ1) is 29.0. The van der Waals surface area contributed by atoms with Crippen LogP contribution in [-0.4, -0.2) is 37.2 Å². The highest BCUT2D eigenvalue weighted by Crippen LogP contribution is 2.12. The Morgan fingerprint density at radius 2 is 0.678 bits per heavy atom. The van der Waals surface area contributed by atoms with Crippen LogP contribution in [0.5, 0.6) is 0 Å². The molecule has 0 aromatic heterocycles. The molecule has 336 valence electrons. The number of carbonyl (C=O) groups is 3. The van der Waals surface area contributed by atoms with Crippen molar-refractivity contribution in [1.82, 2.24) is 0 Å². The summed E-state index contributed by atoms with van der Waals surface area (Å²) in [7, 11) is 0. The van der Waals surface area contributed by atoms with Gasteiger partial charge in [-0.2, -0.15) is 0 Å². The minimum atomic E-state index is -0.803. The van der Waals surface area contributed by atoms with Crippen LogP contribution in [0.1, 0.15) is 213 Å². The molecule has 0 rings (SSSR count). The van der Waals surface area contributed by atoms with E-state index in [0.29, 0.717) is 19.3 Å². The van der Waals surface area contributed by atoms with Crippen molar-refractivity contribution in [2.24, 2.45) is 0 Å². The molecule has 0 aliphatic carbocycles. The molecule has 0 saturated carbocycles. The third-order valence-electron chi connectivity index (χ3n) is 9.85. The van der Waals surface area contributed by atoms with Gasteiger partial charge in [0.2, 0.25) is 0 Å². The van der Waals surface area contributed by atoms with Gasteiger partial charge in [-0.05, 0) is 109 Å². The van der Waals surface area contributed by atoms with Crippen molar-refractivity contribution >= 4 is 17.9 Å². The van der Waals surface area contributed by atoms with Gasteiger partial charge in [0.1, 0.15) is 13.2 Å². The fraction of sp³-hybridized carbons (Fsp3) is 0.679. The van der Waals surface area contributed by atoms with Crippen LogP contribution in [0, 0.1) is 0 Å². The molecule has 0 N–H and O–H groups in total. The van der Waals surface area contributed by atoms with Crippen LogP contribution >= 0.6 is 0 Å². The molecule has 0 amide bonds. The summed E-state index contributed by atoms with van der Waals surface area (Å²) in [5.74, 6) is -0.973. The summed E-state index contributed by atoms with van der Waals surface area (Å²) in [5.41, 5.74) is 0. The number of ether oxygens (including phenoxy) is 3. The molecule has 6 nitrogen and oxygen atoms in total. The summed E-state index contributed by atoms with van der Waals surface area (Å²) in [6, 6.07) is 0. The van der Waals surface area contributed by atoms with Gasteiger partial charge in [0.25, 0.3) is 0 Å². The molecular weight excluding hydrogens is 733 g/mol. The Bertz CT molecular complexity index is 1170. The summed E-state index contributed by atoms with van der Waals surface area (Å²) in [6.07, 6.45) is 59.9. The third-order valence-corrected chi connectivity index (χ3v) is 9.85. The van der Waals surface area contributed by atoms with Gasteiger partial charge in [-0.3, -0.25) is 14.4 Å². The molecule has 1 atom stereocenters. The lowest BCUT2D eigenvalue weighted by molar-refractivity contribution is -0.167. The summed E-state index contributed by atoms with van der Waals surface area (Å²) in [5, 5.41) is 0. The van der Waals surface area contributed by atoms with Crippen LogP contribution in [0.3, 0.4) is 0 Å². The van der Waals surface area contributed by atoms with E-state index >= 15 is 0 Å². The van der Waals surface area contributed by atoms with E-state index in [4.69, 9.17) is 14.2 Å². The van der Waals surface area contributed by atoms with E-state index in [9.17, 15) is 14.4 Å². The first-order valence-corrected chi connectivity index (χ1v) is 24.1. The van der Waals surface area contributed by atoms with Crippen LogP contribution in [0.15, 0.2) is 85.1 Å². The summed E-state index contributed by atoms with van der Waals surface area (Å²) < 4.78 is 16.7. The van der Waals surface area contributed by atoms with Crippen molar-refractivity contribution in [3.05, 3.63) is 85.1 Å².